The second-order valence-electron chi connectivity index (χ2n) is 6.40. The number of amides is 2. The van der Waals surface area contributed by atoms with E-state index in [-0.39, 0.29) is 18.2 Å². The Bertz CT molecular complexity index is 776. The molecular weight excluding hydrogens is 389 g/mol. The number of rotatable bonds is 9. The van der Waals surface area contributed by atoms with Crippen molar-refractivity contribution >= 4 is 23.2 Å². The van der Waals surface area contributed by atoms with Crippen molar-refractivity contribution in [2.75, 3.05) is 6.54 Å². The summed E-state index contributed by atoms with van der Waals surface area (Å²) >= 11 is 1.43. The van der Waals surface area contributed by atoms with Crippen LogP contribution in [0.25, 0.3) is 0 Å². The molecule has 0 saturated heterocycles. The first-order chi connectivity index (χ1) is 13.3. The van der Waals surface area contributed by atoms with Crippen LogP contribution in [-0.4, -0.2) is 18.4 Å². The lowest BCUT2D eigenvalue weighted by atomic mass is 9.99. The van der Waals surface area contributed by atoms with Gasteiger partial charge in [-0.05, 0) is 42.0 Å². The van der Waals surface area contributed by atoms with Gasteiger partial charge in [0.15, 0.2) is 0 Å². The molecule has 0 aliphatic heterocycles. The molecule has 8 heteroatoms. The third-order valence-corrected chi connectivity index (χ3v) is 4.86. The fourth-order valence-corrected chi connectivity index (χ4v) is 3.39. The zero-order valence-corrected chi connectivity index (χ0v) is 16.3. The molecule has 0 bridgehead atoms. The summed E-state index contributed by atoms with van der Waals surface area (Å²) in [6, 6.07) is 6.30. The maximum absolute atomic E-state index is 12.9. The number of nitrogens with one attached hydrogen (secondary N) is 2. The number of thiophene rings is 1. The Hall–Kier alpha value is -2.35. The van der Waals surface area contributed by atoms with Crippen LogP contribution in [0.1, 0.15) is 60.1 Å². The zero-order valence-electron chi connectivity index (χ0n) is 15.5. The molecule has 2 rings (SSSR count). The van der Waals surface area contributed by atoms with Crippen molar-refractivity contribution < 1.29 is 22.8 Å². The standard InChI is InChI=1S/C20H23F3N2O2S/c1-2-5-17(14-6-3-7-16(12-14)20(21,22)23)25-18(26)8-4-10-24-19(27)15-9-11-28-13-15/h3,6-7,9,11-13,17H,2,4-5,8,10H2,1H3,(H,24,27)(H,25,26)/t17-/m1/s1. The van der Waals surface area contributed by atoms with Gasteiger partial charge in [-0.1, -0.05) is 25.5 Å². The van der Waals surface area contributed by atoms with Crippen molar-refractivity contribution in [3.63, 3.8) is 0 Å². The summed E-state index contributed by atoms with van der Waals surface area (Å²) in [7, 11) is 0. The molecular formula is C20H23F3N2O2S. The van der Waals surface area contributed by atoms with Gasteiger partial charge in [-0.2, -0.15) is 24.5 Å². The van der Waals surface area contributed by atoms with Crippen LogP contribution in [0.15, 0.2) is 41.1 Å². The van der Waals surface area contributed by atoms with E-state index < -0.39 is 17.8 Å². The Kier molecular flexibility index (Phi) is 8.04. The summed E-state index contributed by atoms with van der Waals surface area (Å²) in [6.07, 6.45) is -2.52. The first kappa shape index (κ1) is 21.9. The van der Waals surface area contributed by atoms with Gasteiger partial charge in [0.05, 0.1) is 11.6 Å². The summed E-state index contributed by atoms with van der Waals surface area (Å²) in [5.41, 5.74) is 0.300. The summed E-state index contributed by atoms with van der Waals surface area (Å²) in [5, 5.41) is 9.10. The SMILES string of the molecule is CCC[C@@H](NC(=O)CCCNC(=O)c1ccsc1)c1cccc(C(F)(F)F)c1. The average Bonchev–Trinajstić information content (AvgIpc) is 3.19. The van der Waals surface area contributed by atoms with Gasteiger partial charge in [-0.25, -0.2) is 0 Å². The first-order valence-electron chi connectivity index (χ1n) is 9.08. The predicted octanol–water partition coefficient (Wildman–Crippen LogP) is 4.93. The van der Waals surface area contributed by atoms with Crippen LogP contribution in [0, 0.1) is 0 Å². The fourth-order valence-electron chi connectivity index (χ4n) is 2.76. The van der Waals surface area contributed by atoms with Gasteiger partial charge in [-0.15, -0.1) is 0 Å². The Morgan fingerprint density at radius 2 is 2.00 bits per heavy atom. The van der Waals surface area contributed by atoms with Crippen LogP contribution in [0.3, 0.4) is 0 Å². The minimum atomic E-state index is -4.42. The molecule has 152 valence electrons. The quantitative estimate of drug-likeness (QED) is 0.574. The molecule has 0 radical (unpaired) electrons. The van der Waals surface area contributed by atoms with Crippen LogP contribution >= 0.6 is 11.3 Å². The number of carbonyl (C=O) groups excluding carboxylic acids is 2. The van der Waals surface area contributed by atoms with Crippen LogP contribution < -0.4 is 10.6 Å². The van der Waals surface area contributed by atoms with Crippen molar-refractivity contribution in [2.45, 2.75) is 44.8 Å². The summed E-state index contributed by atoms with van der Waals surface area (Å²) in [5.74, 6) is -0.435. The maximum atomic E-state index is 12.9. The Morgan fingerprint density at radius 1 is 1.21 bits per heavy atom. The van der Waals surface area contributed by atoms with Crippen molar-refractivity contribution in [2.24, 2.45) is 0 Å². The number of hydrogen-bond acceptors (Lipinski definition) is 3. The highest BCUT2D eigenvalue weighted by Gasteiger charge is 2.31. The summed E-state index contributed by atoms with van der Waals surface area (Å²) < 4.78 is 38.8. The highest BCUT2D eigenvalue weighted by atomic mass is 32.1. The molecule has 0 aliphatic carbocycles. The van der Waals surface area contributed by atoms with Gasteiger partial charge >= 0.3 is 6.18 Å². The molecule has 0 spiro atoms. The molecule has 0 fully saturated rings. The summed E-state index contributed by atoms with van der Waals surface area (Å²) in [6.45, 7) is 2.26. The molecule has 1 aromatic carbocycles. The van der Waals surface area contributed by atoms with Crippen LogP contribution in [0.4, 0.5) is 13.2 Å². The molecule has 0 unspecified atom stereocenters. The lowest BCUT2D eigenvalue weighted by molar-refractivity contribution is -0.137. The van der Waals surface area contributed by atoms with E-state index in [9.17, 15) is 22.8 Å². The average molecular weight is 412 g/mol. The zero-order chi connectivity index (χ0) is 20.6. The van der Waals surface area contributed by atoms with Crippen LogP contribution in [0.2, 0.25) is 0 Å². The normalized spacial score (nSPS) is 12.4. The topological polar surface area (TPSA) is 58.2 Å². The van der Waals surface area contributed by atoms with Gasteiger partial charge in [0.25, 0.3) is 5.91 Å². The van der Waals surface area contributed by atoms with Crippen molar-refractivity contribution in [3.8, 4) is 0 Å². The second-order valence-corrected chi connectivity index (χ2v) is 7.18. The lowest BCUT2D eigenvalue weighted by Crippen LogP contribution is -2.30. The Balaban J connectivity index is 1.86. The number of benzene rings is 1. The minimum absolute atomic E-state index is 0.184. The number of alkyl halides is 3. The Morgan fingerprint density at radius 3 is 2.64 bits per heavy atom. The van der Waals surface area contributed by atoms with Crippen LogP contribution in [0.5, 0.6) is 0 Å². The van der Waals surface area contributed by atoms with E-state index in [4.69, 9.17) is 0 Å². The minimum Gasteiger partial charge on any atom is -0.352 e. The molecule has 1 aromatic heterocycles. The number of halogens is 3. The van der Waals surface area contributed by atoms with Crippen LogP contribution in [-0.2, 0) is 11.0 Å². The number of carbonyl (C=O) groups is 2. The molecule has 1 heterocycles. The molecule has 2 N–H and O–H groups in total. The lowest BCUT2D eigenvalue weighted by Gasteiger charge is -2.20. The Labute approximate surface area is 166 Å². The largest absolute Gasteiger partial charge is 0.416 e. The fraction of sp³-hybridized carbons (Fsp3) is 0.400. The number of hydrogen-bond donors (Lipinski definition) is 2. The van der Waals surface area contributed by atoms with Gasteiger partial charge < -0.3 is 10.6 Å². The smallest absolute Gasteiger partial charge is 0.352 e. The van der Waals surface area contributed by atoms with Gasteiger partial charge in [0.1, 0.15) is 0 Å². The first-order valence-corrected chi connectivity index (χ1v) is 10.0. The van der Waals surface area contributed by atoms with E-state index in [1.807, 2.05) is 12.3 Å². The van der Waals surface area contributed by atoms with Gasteiger partial charge in [0.2, 0.25) is 5.91 Å². The molecule has 2 aromatic rings. The molecule has 0 aliphatic rings. The molecule has 0 saturated carbocycles. The van der Waals surface area contributed by atoms with Crippen molar-refractivity contribution in [1.82, 2.24) is 10.6 Å². The van der Waals surface area contributed by atoms with Crippen molar-refractivity contribution in [1.29, 1.82) is 0 Å². The van der Waals surface area contributed by atoms with Gasteiger partial charge in [-0.3, -0.25) is 9.59 Å². The molecule has 28 heavy (non-hydrogen) atoms. The van der Waals surface area contributed by atoms with E-state index in [1.54, 1.807) is 17.5 Å². The highest BCUT2D eigenvalue weighted by molar-refractivity contribution is 7.08. The second kappa shape index (κ2) is 10.3. The molecule has 2 amide bonds. The third kappa shape index (κ3) is 6.67. The van der Waals surface area contributed by atoms with Crippen molar-refractivity contribution in [3.05, 3.63) is 57.8 Å². The highest BCUT2D eigenvalue weighted by Crippen LogP contribution is 2.31. The van der Waals surface area contributed by atoms with Gasteiger partial charge in [0, 0.05) is 23.9 Å². The van der Waals surface area contributed by atoms with E-state index in [2.05, 4.69) is 10.6 Å². The molecule has 4 nitrogen and oxygen atoms in total. The van der Waals surface area contributed by atoms with E-state index >= 15 is 0 Å². The van der Waals surface area contributed by atoms with E-state index in [1.165, 1.54) is 17.4 Å². The monoisotopic (exact) mass is 412 g/mol. The van der Waals surface area contributed by atoms with E-state index in [0.29, 0.717) is 30.5 Å². The molecule has 1 atom stereocenters. The van der Waals surface area contributed by atoms with E-state index in [0.717, 1.165) is 18.6 Å². The third-order valence-electron chi connectivity index (χ3n) is 4.18. The maximum Gasteiger partial charge on any atom is 0.416 e. The predicted molar refractivity (Wildman–Crippen MR) is 103 cm³/mol. The summed E-state index contributed by atoms with van der Waals surface area (Å²) in [4.78, 5) is 24.0.